The van der Waals surface area contributed by atoms with Gasteiger partial charge in [-0.2, -0.15) is 0 Å². The van der Waals surface area contributed by atoms with Crippen LogP contribution in [0.4, 0.5) is 0 Å². The van der Waals surface area contributed by atoms with Crippen LogP contribution in [0.2, 0.25) is 0 Å². The minimum atomic E-state index is -1.36. The minimum Gasteiger partial charge on any atom is -0.492 e. The van der Waals surface area contributed by atoms with Crippen LogP contribution in [0.5, 0.6) is 11.8 Å². The molecule has 7 nitrogen and oxygen atoms in total. The number of rotatable bonds is 4. The number of ether oxygens (including phenoxy) is 1. The lowest BCUT2D eigenvalue weighted by molar-refractivity contribution is -0.176. The zero-order valence-electron chi connectivity index (χ0n) is 11.9. The van der Waals surface area contributed by atoms with Crippen molar-refractivity contribution in [1.82, 2.24) is 4.73 Å². The van der Waals surface area contributed by atoms with E-state index in [4.69, 9.17) is 9.57 Å². The molecule has 1 fully saturated rings. The van der Waals surface area contributed by atoms with Crippen LogP contribution >= 0.6 is 0 Å². The fourth-order valence-corrected chi connectivity index (χ4v) is 2.58. The molecule has 1 aliphatic rings. The van der Waals surface area contributed by atoms with Crippen molar-refractivity contribution in [2.24, 2.45) is 5.41 Å². The summed E-state index contributed by atoms with van der Waals surface area (Å²) in [5.41, 5.74) is -1.36. The summed E-state index contributed by atoms with van der Waals surface area (Å²) in [4.78, 5) is 29.6. The van der Waals surface area contributed by atoms with Crippen LogP contribution in [0.3, 0.4) is 0 Å². The van der Waals surface area contributed by atoms with Crippen LogP contribution in [0.1, 0.15) is 39.0 Å². The molecule has 2 N–H and O–H groups in total. The number of aromatic hydroxyl groups is 2. The molecule has 1 aliphatic carbocycles. The van der Waals surface area contributed by atoms with Crippen molar-refractivity contribution in [2.75, 3.05) is 6.61 Å². The van der Waals surface area contributed by atoms with Gasteiger partial charge in [-0.1, -0.05) is 19.3 Å². The molecular formula is C14H19NO6. The SMILES string of the molecule is CCOC(=O)C1(C(=O)On2c(O)ccc2O)CCCCC1. The van der Waals surface area contributed by atoms with Gasteiger partial charge in [0.1, 0.15) is 0 Å². The van der Waals surface area contributed by atoms with E-state index in [1.165, 1.54) is 12.1 Å². The zero-order valence-corrected chi connectivity index (χ0v) is 11.9. The van der Waals surface area contributed by atoms with Crippen molar-refractivity contribution in [3.05, 3.63) is 12.1 Å². The number of nitrogens with zero attached hydrogens (tertiary/aromatic N) is 1. The number of hydrogen-bond acceptors (Lipinski definition) is 6. The van der Waals surface area contributed by atoms with E-state index < -0.39 is 29.1 Å². The predicted octanol–water partition coefficient (Wildman–Crippen LogP) is 1.37. The Labute approximate surface area is 122 Å². The fourth-order valence-electron chi connectivity index (χ4n) is 2.58. The Bertz CT molecular complexity index is 510. The topological polar surface area (TPSA) is 98.0 Å². The van der Waals surface area contributed by atoms with Gasteiger partial charge in [-0.15, -0.1) is 4.73 Å². The van der Waals surface area contributed by atoms with E-state index in [1.54, 1.807) is 6.92 Å². The Morgan fingerprint density at radius 1 is 1.14 bits per heavy atom. The number of carbonyl (C=O) groups is 2. The highest BCUT2D eigenvalue weighted by Gasteiger charge is 2.50. The van der Waals surface area contributed by atoms with E-state index in [9.17, 15) is 19.8 Å². The smallest absolute Gasteiger partial charge is 0.350 e. The van der Waals surface area contributed by atoms with Crippen LogP contribution in [-0.4, -0.2) is 33.5 Å². The summed E-state index contributed by atoms with van der Waals surface area (Å²) in [6.07, 6.45) is 3.06. The van der Waals surface area contributed by atoms with E-state index in [1.807, 2.05) is 0 Å². The molecule has 0 atom stereocenters. The molecule has 1 aromatic heterocycles. The monoisotopic (exact) mass is 297 g/mol. The second-order valence-corrected chi connectivity index (χ2v) is 5.09. The maximum Gasteiger partial charge on any atom is 0.350 e. The summed E-state index contributed by atoms with van der Waals surface area (Å²) in [7, 11) is 0. The summed E-state index contributed by atoms with van der Waals surface area (Å²) in [5.74, 6) is -2.27. The molecule has 0 spiro atoms. The molecule has 0 bridgehead atoms. The normalized spacial score (nSPS) is 17.2. The van der Waals surface area contributed by atoms with E-state index in [0.717, 1.165) is 19.3 Å². The van der Waals surface area contributed by atoms with E-state index >= 15 is 0 Å². The fraction of sp³-hybridized carbons (Fsp3) is 0.571. The van der Waals surface area contributed by atoms with Crippen LogP contribution < -0.4 is 4.84 Å². The molecule has 1 heterocycles. The maximum absolute atomic E-state index is 12.4. The summed E-state index contributed by atoms with van der Waals surface area (Å²) in [6, 6.07) is 2.36. The first-order chi connectivity index (χ1) is 10.0. The highest BCUT2D eigenvalue weighted by molar-refractivity contribution is 6.00. The van der Waals surface area contributed by atoms with Crippen molar-refractivity contribution in [3.63, 3.8) is 0 Å². The molecule has 2 rings (SSSR count). The molecule has 1 saturated carbocycles. The first kappa shape index (κ1) is 15.2. The standard InChI is InChI=1S/C14H19NO6/c1-2-20-12(18)14(8-4-3-5-9-14)13(19)21-15-10(16)6-7-11(15)17/h6-7,16-17H,2-5,8-9H2,1H3. The van der Waals surface area contributed by atoms with Gasteiger partial charge in [-0.3, -0.25) is 4.79 Å². The first-order valence-corrected chi connectivity index (χ1v) is 7.01. The van der Waals surface area contributed by atoms with Gasteiger partial charge >= 0.3 is 11.9 Å². The van der Waals surface area contributed by atoms with E-state index in [0.29, 0.717) is 17.6 Å². The third-order valence-electron chi connectivity index (χ3n) is 3.74. The Morgan fingerprint density at radius 3 is 2.24 bits per heavy atom. The summed E-state index contributed by atoms with van der Waals surface area (Å²) in [6.45, 7) is 1.84. The second kappa shape index (κ2) is 6.07. The van der Waals surface area contributed by atoms with Gasteiger partial charge in [0, 0.05) is 12.1 Å². The van der Waals surface area contributed by atoms with E-state index in [-0.39, 0.29) is 6.61 Å². The summed E-state index contributed by atoms with van der Waals surface area (Å²) >= 11 is 0. The van der Waals surface area contributed by atoms with Crippen molar-refractivity contribution in [1.29, 1.82) is 0 Å². The lowest BCUT2D eigenvalue weighted by atomic mass is 9.74. The Morgan fingerprint density at radius 2 is 1.71 bits per heavy atom. The number of esters is 1. The van der Waals surface area contributed by atoms with Gasteiger partial charge in [0.05, 0.1) is 6.61 Å². The Hall–Kier alpha value is -2.18. The summed E-state index contributed by atoms with van der Waals surface area (Å²) in [5, 5.41) is 19.0. The van der Waals surface area contributed by atoms with Gasteiger partial charge in [0.25, 0.3) is 0 Å². The maximum atomic E-state index is 12.4. The molecule has 0 saturated heterocycles. The van der Waals surface area contributed by atoms with Crippen LogP contribution in [-0.2, 0) is 14.3 Å². The van der Waals surface area contributed by atoms with Crippen LogP contribution in [0.25, 0.3) is 0 Å². The molecule has 7 heteroatoms. The Balaban J connectivity index is 2.24. The van der Waals surface area contributed by atoms with Crippen LogP contribution in [0.15, 0.2) is 12.1 Å². The third kappa shape index (κ3) is 2.81. The summed E-state index contributed by atoms with van der Waals surface area (Å²) < 4.78 is 5.61. The van der Waals surface area contributed by atoms with Crippen molar-refractivity contribution < 1.29 is 29.4 Å². The quantitative estimate of drug-likeness (QED) is 0.643. The molecule has 116 valence electrons. The molecule has 1 aromatic rings. The minimum absolute atomic E-state index is 0.174. The molecule has 21 heavy (non-hydrogen) atoms. The van der Waals surface area contributed by atoms with Crippen LogP contribution in [0, 0.1) is 5.41 Å². The highest BCUT2D eigenvalue weighted by atomic mass is 16.7. The Kier molecular flexibility index (Phi) is 4.40. The third-order valence-corrected chi connectivity index (χ3v) is 3.74. The number of hydrogen-bond donors (Lipinski definition) is 2. The molecule has 0 unspecified atom stereocenters. The zero-order chi connectivity index (χ0) is 15.5. The first-order valence-electron chi connectivity index (χ1n) is 7.01. The number of aromatic nitrogens is 1. The van der Waals surface area contributed by atoms with Gasteiger partial charge in [-0.05, 0) is 19.8 Å². The molecule has 0 amide bonds. The lowest BCUT2D eigenvalue weighted by Crippen LogP contribution is -2.46. The molecular weight excluding hydrogens is 278 g/mol. The van der Waals surface area contributed by atoms with Crippen molar-refractivity contribution in [3.8, 4) is 11.8 Å². The number of carbonyl (C=O) groups excluding carboxylic acids is 2. The van der Waals surface area contributed by atoms with Crippen molar-refractivity contribution in [2.45, 2.75) is 39.0 Å². The van der Waals surface area contributed by atoms with Gasteiger partial charge in [0.15, 0.2) is 5.41 Å². The van der Waals surface area contributed by atoms with Gasteiger partial charge in [0.2, 0.25) is 11.8 Å². The molecule has 0 radical (unpaired) electrons. The highest BCUT2D eigenvalue weighted by Crippen LogP contribution is 2.38. The molecule has 0 aliphatic heterocycles. The predicted molar refractivity (Wildman–Crippen MR) is 71.5 cm³/mol. The second-order valence-electron chi connectivity index (χ2n) is 5.09. The average molecular weight is 297 g/mol. The lowest BCUT2D eigenvalue weighted by Gasteiger charge is -2.32. The largest absolute Gasteiger partial charge is 0.492 e. The van der Waals surface area contributed by atoms with Gasteiger partial charge < -0.3 is 19.8 Å². The van der Waals surface area contributed by atoms with Gasteiger partial charge in [-0.25, -0.2) is 4.79 Å². The van der Waals surface area contributed by atoms with E-state index in [2.05, 4.69) is 0 Å². The molecule has 0 aromatic carbocycles. The van der Waals surface area contributed by atoms with Crippen molar-refractivity contribution >= 4 is 11.9 Å². The average Bonchev–Trinajstić information content (AvgIpc) is 2.80.